The summed E-state index contributed by atoms with van der Waals surface area (Å²) in [6.45, 7) is 3.27. The van der Waals surface area contributed by atoms with E-state index in [1.165, 1.54) is 0 Å². The summed E-state index contributed by atoms with van der Waals surface area (Å²) in [5.41, 5.74) is 5.55. The zero-order valence-electron chi connectivity index (χ0n) is 16.8. The van der Waals surface area contributed by atoms with Crippen molar-refractivity contribution in [1.29, 1.82) is 0 Å². The van der Waals surface area contributed by atoms with E-state index in [9.17, 15) is 23.6 Å². The molecule has 0 aliphatic carbocycles. The number of amides is 4. The molecule has 1 aromatic carbocycles. The summed E-state index contributed by atoms with van der Waals surface area (Å²) in [7, 11) is 0. The lowest BCUT2D eigenvalue weighted by Crippen LogP contribution is -2.56. The van der Waals surface area contributed by atoms with Gasteiger partial charge in [0.15, 0.2) is 0 Å². The van der Waals surface area contributed by atoms with Crippen molar-refractivity contribution < 1.29 is 28.3 Å². The Kier molecular flexibility index (Phi) is 10.6. The Labute approximate surface area is 179 Å². The van der Waals surface area contributed by atoms with Crippen LogP contribution in [0.4, 0.5) is 9.18 Å². The number of ether oxygens (including phenoxy) is 1. The molecule has 9 nitrogen and oxygen atoms in total. The van der Waals surface area contributed by atoms with Crippen LogP contribution in [0, 0.1) is 5.92 Å². The molecule has 4 N–H and O–H groups in total. The number of alkyl halides is 2. The number of nitrogens with zero attached hydrogens (tertiary/aromatic N) is 1. The maximum atomic E-state index is 13.2. The van der Waals surface area contributed by atoms with Crippen molar-refractivity contribution in [1.82, 2.24) is 15.8 Å². The predicted octanol–water partition coefficient (Wildman–Crippen LogP) is 1.60. The molecule has 0 spiro atoms. The Bertz CT molecular complexity index is 733. The van der Waals surface area contributed by atoms with Crippen LogP contribution in [-0.2, 0) is 25.7 Å². The molecular weight excluding hydrogens is 419 g/mol. The van der Waals surface area contributed by atoms with Gasteiger partial charge in [0, 0.05) is 6.42 Å². The Morgan fingerprint density at radius 3 is 2.37 bits per heavy atom. The Morgan fingerprint density at radius 1 is 1.20 bits per heavy atom. The van der Waals surface area contributed by atoms with Crippen molar-refractivity contribution in [3.8, 4) is 0 Å². The van der Waals surface area contributed by atoms with Gasteiger partial charge in [-0.3, -0.25) is 19.8 Å². The highest BCUT2D eigenvalue weighted by Gasteiger charge is 2.28. The number of halogens is 2. The smallest absolute Gasteiger partial charge is 0.408 e. The van der Waals surface area contributed by atoms with Crippen LogP contribution in [0.3, 0.4) is 0 Å². The molecule has 0 radical (unpaired) electrons. The molecule has 0 bridgehead atoms. The molecule has 166 valence electrons. The van der Waals surface area contributed by atoms with Gasteiger partial charge in [0.1, 0.15) is 12.6 Å². The van der Waals surface area contributed by atoms with E-state index in [0.29, 0.717) is 5.01 Å². The van der Waals surface area contributed by atoms with Gasteiger partial charge in [-0.1, -0.05) is 55.8 Å². The van der Waals surface area contributed by atoms with Crippen molar-refractivity contribution >= 4 is 35.4 Å². The lowest BCUT2D eigenvalue weighted by atomic mass is 10.0. The number of primary amides is 1. The van der Waals surface area contributed by atoms with Gasteiger partial charge in [-0.2, -0.15) is 0 Å². The molecule has 0 fully saturated rings. The molecule has 11 heteroatoms. The second-order valence-electron chi connectivity index (χ2n) is 6.87. The van der Waals surface area contributed by atoms with Gasteiger partial charge in [0.2, 0.25) is 5.91 Å². The predicted molar refractivity (Wildman–Crippen MR) is 107 cm³/mol. The third kappa shape index (κ3) is 9.55. The van der Waals surface area contributed by atoms with E-state index in [1.54, 1.807) is 24.3 Å². The van der Waals surface area contributed by atoms with Gasteiger partial charge < -0.3 is 15.8 Å². The molecule has 0 aromatic heterocycles. The summed E-state index contributed by atoms with van der Waals surface area (Å²) in [4.78, 5) is 47.6. The first kappa shape index (κ1) is 25.2. The minimum Gasteiger partial charge on any atom is -0.445 e. The van der Waals surface area contributed by atoms with Gasteiger partial charge in [-0.05, 0) is 17.9 Å². The van der Waals surface area contributed by atoms with E-state index < -0.39 is 35.5 Å². The fourth-order valence-corrected chi connectivity index (χ4v) is 2.50. The molecular formula is C19H26ClFN4O5. The van der Waals surface area contributed by atoms with Crippen LogP contribution in [0.25, 0.3) is 0 Å². The number of hydrazine groups is 1. The molecule has 0 aliphatic rings. The van der Waals surface area contributed by atoms with Crippen molar-refractivity contribution in [2.24, 2.45) is 11.7 Å². The average Bonchev–Trinajstić information content (AvgIpc) is 2.68. The normalized spacial score (nSPS) is 12.6. The number of nitrogens with one attached hydrogen (secondary N) is 2. The van der Waals surface area contributed by atoms with E-state index in [2.05, 4.69) is 10.7 Å². The highest BCUT2D eigenvalue weighted by molar-refractivity contribution is 6.29. The highest BCUT2D eigenvalue weighted by atomic mass is 35.5. The van der Waals surface area contributed by atoms with E-state index in [0.717, 1.165) is 5.56 Å². The summed E-state index contributed by atoms with van der Waals surface area (Å²) in [5, 5.41) is 2.99. The van der Waals surface area contributed by atoms with Crippen molar-refractivity contribution in [2.75, 3.05) is 6.54 Å². The molecule has 1 rings (SSSR count). The van der Waals surface area contributed by atoms with Crippen LogP contribution >= 0.6 is 11.6 Å². The van der Waals surface area contributed by atoms with Gasteiger partial charge in [-0.15, -0.1) is 0 Å². The summed E-state index contributed by atoms with van der Waals surface area (Å²) in [6, 6.07) is 7.86. The van der Waals surface area contributed by atoms with Crippen LogP contribution < -0.4 is 16.5 Å². The molecule has 0 aliphatic heterocycles. The van der Waals surface area contributed by atoms with Crippen LogP contribution in [0.15, 0.2) is 30.3 Å². The SMILES string of the molecule is CC(C)C[C@H](NC(=O)OCc1ccccc1)C(=O)NN(CCC(N)=O)C(=O)[C@H](F)Cl. The Hall–Kier alpha value is -2.88. The lowest BCUT2D eigenvalue weighted by molar-refractivity contribution is -0.144. The highest BCUT2D eigenvalue weighted by Crippen LogP contribution is 2.08. The zero-order chi connectivity index (χ0) is 22.7. The minimum absolute atomic E-state index is 0.00168. The van der Waals surface area contributed by atoms with Gasteiger partial charge in [0.05, 0.1) is 6.54 Å². The number of hydrogen-bond acceptors (Lipinski definition) is 5. The average molecular weight is 445 g/mol. The molecule has 30 heavy (non-hydrogen) atoms. The zero-order valence-corrected chi connectivity index (χ0v) is 17.5. The minimum atomic E-state index is -2.43. The molecule has 0 saturated carbocycles. The van der Waals surface area contributed by atoms with Crippen LogP contribution in [0.5, 0.6) is 0 Å². The first-order chi connectivity index (χ1) is 14.1. The maximum Gasteiger partial charge on any atom is 0.408 e. The molecule has 0 saturated heterocycles. The van der Waals surface area contributed by atoms with Crippen molar-refractivity contribution in [3.05, 3.63) is 35.9 Å². The van der Waals surface area contributed by atoms with Crippen molar-refractivity contribution in [3.63, 3.8) is 0 Å². The summed E-state index contributed by atoms with van der Waals surface area (Å²) in [5.74, 6) is -2.82. The quantitative estimate of drug-likeness (QED) is 0.372. The van der Waals surface area contributed by atoms with E-state index in [-0.39, 0.29) is 31.9 Å². The summed E-state index contributed by atoms with van der Waals surface area (Å²) in [6.07, 6.45) is -0.948. The van der Waals surface area contributed by atoms with Gasteiger partial charge >= 0.3 is 6.09 Å². The second kappa shape index (κ2) is 12.6. The Balaban J connectivity index is 2.78. The van der Waals surface area contributed by atoms with E-state index in [1.807, 2.05) is 19.9 Å². The standard InChI is InChI=1S/C19H26ClFN4O5/c1-12(2)10-14(23-19(29)30-11-13-6-4-3-5-7-13)17(27)24-25(9-8-15(22)26)18(28)16(20)21/h3-7,12,14,16H,8-11H2,1-2H3,(H2,22,26)(H,23,29)(H,24,27)/t14-,16-/m0/s1. The number of rotatable bonds is 10. The van der Waals surface area contributed by atoms with Crippen LogP contribution in [0.2, 0.25) is 0 Å². The number of benzene rings is 1. The summed E-state index contributed by atoms with van der Waals surface area (Å²) >= 11 is 5.15. The Morgan fingerprint density at radius 2 is 1.83 bits per heavy atom. The third-order valence-electron chi connectivity index (χ3n) is 3.81. The molecule has 2 atom stereocenters. The fraction of sp³-hybridized carbons (Fsp3) is 0.474. The molecule has 4 amide bonds. The monoisotopic (exact) mass is 444 g/mol. The number of nitrogens with two attached hydrogens (primary N) is 1. The number of alkyl carbamates (subject to hydrolysis) is 1. The van der Waals surface area contributed by atoms with Crippen LogP contribution in [0.1, 0.15) is 32.3 Å². The van der Waals surface area contributed by atoms with Crippen molar-refractivity contribution in [2.45, 2.75) is 45.0 Å². The maximum absolute atomic E-state index is 13.2. The lowest BCUT2D eigenvalue weighted by Gasteiger charge is -2.26. The summed E-state index contributed by atoms with van der Waals surface area (Å²) < 4.78 is 18.3. The number of carbonyl (C=O) groups excluding carboxylic acids is 4. The first-order valence-corrected chi connectivity index (χ1v) is 9.69. The van der Waals surface area contributed by atoms with E-state index in [4.69, 9.17) is 22.1 Å². The molecule has 0 unspecified atom stereocenters. The number of hydrogen-bond donors (Lipinski definition) is 3. The topological polar surface area (TPSA) is 131 Å². The largest absolute Gasteiger partial charge is 0.445 e. The second-order valence-corrected chi connectivity index (χ2v) is 7.25. The van der Waals surface area contributed by atoms with E-state index >= 15 is 0 Å². The molecule has 0 heterocycles. The number of carbonyl (C=O) groups is 4. The first-order valence-electron chi connectivity index (χ1n) is 9.25. The van der Waals surface area contributed by atoms with Crippen LogP contribution in [-0.4, -0.2) is 47.0 Å². The van der Waals surface area contributed by atoms with Gasteiger partial charge in [-0.25, -0.2) is 14.2 Å². The fourth-order valence-electron chi connectivity index (χ4n) is 2.38. The molecule has 1 aromatic rings. The third-order valence-corrected chi connectivity index (χ3v) is 3.99. The van der Waals surface area contributed by atoms with Gasteiger partial charge in [0.25, 0.3) is 17.4 Å².